The SMILES string of the molecule is CC(C)(C#N)CCCCC1(CCCCC(C)(C)C#N)c2ccccc2-c2ccccc21. The Hall–Kier alpha value is -2.58. The van der Waals surface area contributed by atoms with E-state index in [0.717, 1.165) is 51.4 Å². The van der Waals surface area contributed by atoms with E-state index in [1.165, 1.54) is 22.3 Å². The zero-order chi connectivity index (χ0) is 22.5. The van der Waals surface area contributed by atoms with E-state index < -0.39 is 0 Å². The molecule has 0 saturated carbocycles. The van der Waals surface area contributed by atoms with Gasteiger partial charge in [0.2, 0.25) is 0 Å². The second kappa shape index (κ2) is 9.28. The van der Waals surface area contributed by atoms with Gasteiger partial charge in [0.15, 0.2) is 0 Å². The van der Waals surface area contributed by atoms with Gasteiger partial charge in [-0.2, -0.15) is 10.5 Å². The minimum absolute atomic E-state index is 0.0424. The van der Waals surface area contributed by atoms with Gasteiger partial charge in [0.1, 0.15) is 0 Å². The summed E-state index contributed by atoms with van der Waals surface area (Å²) in [4.78, 5) is 0. The fraction of sp³-hybridized carbons (Fsp3) is 0.517. The van der Waals surface area contributed by atoms with Crippen molar-refractivity contribution in [3.63, 3.8) is 0 Å². The number of fused-ring (bicyclic) bond motifs is 3. The largest absolute Gasteiger partial charge is 0.198 e. The van der Waals surface area contributed by atoms with Gasteiger partial charge in [0, 0.05) is 5.41 Å². The molecule has 0 spiro atoms. The molecule has 0 unspecified atom stereocenters. The zero-order valence-electron chi connectivity index (χ0n) is 19.7. The Morgan fingerprint density at radius 3 is 1.42 bits per heavy atom. The molecule has 2 aromatic carbocycles. The summed E-state index contributed by atoms with van der Waals surface area (Å²) in [7, 11) is 0. The highest BCUT2D eigenvalue weighted by atomic mass is 14.4. The monoisotopic (exact) mass is 412 g/mol. The highest BCUT2D eigenvalue weighted by molar-refractivity contribution is 5.80. The van der Waals surface area contributed by atoms with E-state index in [2.05, 4.69) is 60.7 Å². The standard InChI is InChI=1S/C29H36N2/c1-27(2,21-30)17-9-11-19-29(20-12-10-18-28(3,4)22-31)25-15-7-5-13-23(25)24-14-6-8-16-26(24)29/h5-8,13-16H,9-12,17-20H2,1-4H3. The van der Waals surface area contributed by atoms with Gasteiger partial charge in [-0.05, 0) is 75.6 Å². The van der Waals surface area contributed by atoms with Crippen LogP contribution in [0.5, 0.6) is 0 Å². The minimum atomic E-state index is -0.248. The molecule has 0 saturated heterocycles. The average Bonchev–Trinajstić information content (AvgIpc) is 3.05. The zero-order valence-corrected chi connectivity index (χ0v) is 19.7. The van der Waals surface area contributed by atoms with E-state index in [1.54, 1.807) is 0 Å². The fourth-order valence-electron chi connectivity index (χ4n) is 5.18. The summed E-state index contributed by atoms with van der Waals surface area (Å²) in [6.45, 7) is 8.17. The van der Waals surface area contributed by atoms with Gasteiger partial charge in [0.05, 0.1) is 23.0 Å². The van der Waals surface area contributed by atoms with Crippen molar-refractivity contribution >= 4 is 0 Å². The summed E-state index contributed by atoms with van der Waals surface area (Å²) in [6.07, 6.45) is 8.52. The normalized spacial score (nSPS) is 14.4. The first-order valence-electron chi connectivity index (χ1n) is 11.8. The van der Waals surface area contributed by atoms with Crippen LogP contribution in [-0.2, 0) is 5.41 Å². The maximum absolute atomic E-state index is 9.37. The molecular formula is C29H36N2. The van der Waals surface area contributed by atoms with Crippen molar-refractivity contribution < 1.29 is 0 Å². The highest BCUT2D eigenvalue weighted by Gasteiger charge is 2.41. The lowest BCUT2D eigenvalue weighted by Gasteiger charge is -2.33. The number of rotatable bonds is 10. The molecule has 0 bridgehead atoms. The first-order chi connectivity index (χ1) is 14.7. The molecule has 1 aliphatic carbocycles. The molecule has 0 atom stereocenters. The smallest absolute Gasteiger partial charge is 0.0683 e. The van der Waals surface area contributed by atoms with E-state index in [0.29, 0.717) is 0 Å². The van der Waals surface area contributed by atoms with E-state index in [9.17, 15) is 10.5 Å². The van der Waals surface area contributed by atoms with Crippen LogP contribution in [-0.4, -0.2) is 0 Å². The summed E-state index contributed by atoms with van der Waals surface area (Å²) in [5.41, 5.74) is 5.25. The Balaban J connectivity index is 1.85. The Bertz CT molecular complexity index is 903. The predicted octanol–water partition coefficient (Wildman–Crippen LogP) is 8.17. The third-order valence-corrected chi connectivity index (χ3v) is 7.09. The van der Waals surface area contributed by atoms with Crippen LogP contribution in [0.2, 0.25) is 0 Å². The van der Waals surface area contributed by atoms with E-state index in [1.807, 2.05) is 27.7 Å². The molecule has 0 aliphatic heterocycles. The molecule has 0 N–H and O–H groups in total. The van der Waals surface area contributed by atoms with Crippen LogP contribution in [0.25, 0.3) is 11.1 Å². The van der Waals surface area contributed by atoms with Gasteiger partial charge >= 0.3 is 0 Å². The summed E-state index contributed by atoms with van der Waals surface area (Å²) in [5.74, 6) is 0. The van der Waals surface area contributed by atoms with Crippen molar-refractivity contribution in [3.05, 3.63) is 59.7 Å². The van der Waals surface area contributed by atoms with E-state index in [4.69, 9.17) is 0 Å². The number of hydrogen-bond acceptors (Lipinski definition) is 2. The second-order valence-corrected chi connectivity index (χ2v) is 10.6. The Kier molecular flexibility index (Phi) is 6.91. The predicted molar refractivity (Wildman–Crippen MR) is 128 cm³/mol. The molecular weight excluding hydrogens is 376 g/mol. The fourth-order valence-corrected chi connectivity index (χ4v) is 5.18. The van der Waals surface area contributed by atoms with Crippen LogP contribution in [0.1, 0.15) is 90.2 Å². The molecule has 31 heavy (non-hydrogen) atoms. The van der Waals surface area contributed by atoms with E-state index >= 15 is 0 Å². The number of nitrogens with zero attached hydrogens (tertiary/aromatic N) is 2. The van der Waals surface area contributed by atoms with Crippen LogP contribution in [0.4, 0.5) is 0 Å². The topological polar surface area (TPSA) is 47.6 Å². The molecule has 0 amide bonds. The van der Waals surface area contributed by atoms with Crippen LogP contribution in [0.3, 0.4) is 0 Å². The molecule has 2 nitrogen and oxygen atoms in total. The minimum Gasteiger partial charge on any atom is -0.198 e. The number of nitriles is 2. The molecule has 0 fully saturated rings. The molecule has 3 rings (SSSR count). The lowest BCUT2D eigenvalue weighted by Crippen LogP contribution is -2.26. The van der Waals surface area contributed by atoms with Crippen molar-refractivity contribution in [2.24, 2.45) is 10.8 Å². The molecule has 2 aromatic rings. The van der Waals surface area contributed by atoms with Crippen molar-refractivity contribution in [1.82, 2.24) is 0 Å². The quantitative estimate of drug-likeness (QED) is 0.369. The molecule has 0 aromatic heterocycles. The lowest BCUT2D eigenvalue weighted by molar-refractivity contribution is 0.358. The van der Waals surface area contributed by atoms with Crippen molar-refractivity contribution in [1.29, 1.82) is 10.5 Å². The summed E-state index contributed by atoms with van der Waals surface area (Å²) < 4.78 is 0. The third-order valence-electron chi connectivity index (χ3n) is 7.09. The summed E-state index contributed by atoms with van der Waals surface area (Å²) >= 11 is 0. The van der Waals surface area contributed by atoms with Gasteiger partial charge in [-0.25, -0.2) is 0 Å². The molecule has 0 radical (unpaired) electrons. The van der Waals surface area contributed by atoms with Crippen LogP contribution in [0, 0.1) is 33.5 Å². The molecule has 0 heterocycles. The third kappa shape index (κ3) is 5.02. The first-order valence-corrected chi connectivity index (χ1v) is 11.8. The number of hydrogen-bond donors (Lipinski definition) is 0. The van der Waals surface area contributed by atoms with Crippen molar-refractivity contribution in [2.45, 2.75) is 84.5 Å². The van der Waals surface area contributed by atoms with Crippen LogP contribution < -0.4 is 0 Å². The highest BCUT2D eigenvalue weighted by Crippen LogP contribution is 2.54. The van der Waals surface area contributed by atoms with Crippen molar-refractivity contribution in [2.75, 3.05) is 0 Å². The van der Waals surface area contributed by atoms with Gasteiger partial charge < -0.3 is 0 Å². The number of unbranched alkanes of at least 4 members (excludes halogenated alkanes) is 2. The molecule has 2 heteroatoms. The first kappa shape index (κ1) is 23.1. The van der Waals surface area contributed by atoms with Crippen molar-refractivity contribution in [3.8, 4) is 23.3 Å². The maximum atomic E-state index is 9.37. The van der Waals surface area contributed by atoms with E-state index in [-0.39, 0.29) is 16.2 Å². The second-order valence-electron chi connectivity index (χ2n) is 10.6. The van der Waals surface area contributed by atoms with Gasteiger partial charge in [-0.15, -0.1) is 0 Å². The average molecular weight is 413 g/mol. The Morgan fingerprint density at radius 1 is 0.645 bits per heavy atom. The maximum Gasteiger partial charge on any atom is 0.0683 e. The van der Waals surface area contributed by atoms with Crippen LogP contribution in [0.15, 0.2) is 48.5 Å². The Labute approximate surface area is 188 Å². The Morgan fingerprint density at radius 2 is 1.03 bits per heavy atom. The molecule has 1 aliphatic rings. The van der Waals surface area contributed by atoms with Gasteiger partial charge in [-0.1, -0.05) is 74.2 Å². The molecule has 162 valence electrons. The summed E-state index contributed by atoms with van der Waals surface area (Å²) in [6, 6.07) is 22.7. The number of benzene rings is 2. The van der Waals surface area contributed by atoms with Crippen LogP contribution >= 0.6 is 0 Å². The van der Waals surface area contributed by atoms with Gasteiger partial charge in [0.25, 0.3) is 0 Å². The summed E-state index contributed by atoms with van der Waals surface area (Å²) in [5, 5.41) is 18.7. The lowest BCUT2D eigenvalue weighted by atomic mass is 9.70. The van der Waals surface area contributed by atoms with Gasteiger partial charge in [-0.3, -0.25) is 0 Å².